The highest BCUT2D eigenvalue weighted by atomic mass is 16.4. The summed E-state index contributed by atoms with van der Waals surface area (Å²) >= 11 is 0. The Morgan fingerprint density at radius 1 is 1.12 bits per heavy atom. The molecule has 4 nitrogen and oxygen atoms in total. The van der Waals surface area contributed by atoms with Crippen molar-refractivity contribution in [3.05, 3.63) is 53.1 Å². The largest absolute Gasteiger partial charge is 0.481 e. The van der Waals surface area contributed by atoms with Crippen molar-refractivity contribution < 1.29 is 14.7 Å². The highest BCUT2D eigenvalue weighted by Gasteiger charge is 2.36. The molecule has 0 aliphatic heterocycles. The van der Waals surface area contributed by atoms with E-state index in [2.05, 4.69) is 5.32 Å². The van der Waals surface area contributed by atoms with Crippen molar-refractivity contribution in [2.24, 2.45) is 17.8 Å². The maximum Gasteiger partial charge on any atom is 0.307 e. The molecule has 1 aromatic rings. The summed E-state index contributed by atoms with van der Waals surface area (Å²) in [6, 6.07) is 7.48. The lowest BCUT2D eigenvalue weighted by Gasteiger charge is -2.28. The van der Waals surface area contributed by atoms with Crippen LogP contribution in [-0.4, -0.2) is 17.0 Å². The van der Waals surface area contributed by atoms with Crippen molar-refractivity contribution in [2.45, 2.75) is 41.5 Å². The molecule has 1 amide bonds. The SMILES string of the molecule is C/C=C\C(C(C)=C(C)C)C(C(=O)Nc1ccc(C)cc1)C(C)C(=O)O. The molecule has 1 rings (SSSR count). The molecule has 0 saturated carbocycles. The molecular formula is C21H29NO3. The zero-order valence-corrected chi connectivity index (χ0v) is 16.0. The lowest BCUT2D eigenvalue weighted by atomic mass is 9.76. The van der Waals surface area contributed by atoms with Gasteiger partial charge >= 0.3 is 5.97 Å². The van der Waals surface area contributed by atoms with E-state index in [1.165, 1.54) is 0 Å². The Hall–Kier alpha value is -2.36. The third kappa shape index (κ3) is 5.59. The van der Waals surface area contributed by atoms with Gasteiger partial charge in [0, 0.05) is 11.6 Å². The third-order valence-corrected chi connectivity index (χ3v) is 4.63. The first kappa shape index (κ1) is 20.7. The number of hydrogen-bond donors (Lipinski definition) is 2. The van der Waals surface area contributed by atoms with E-state index < -0.39 is 17.8 Å². The van der Waals surface area contributed by atoms with Crippen LogP contribution in [-0.2, 0) is 9.59 Å². The summed E-state index contributed by atoms with van der Waals surface area (Å²) in [6.45, 7) is 11.4. The van der Waals surface area contributed by atoms with Gasteiger partial charge in [-0.15, -0.1) is 0 Å². The Morgan fingerprint density at radius 3 is 2.12 bits per heavy atom. The lowest BCUT2D eigenvalue weighted by molar-refractivity contribution is -0.146. The quantitative estimate of drug-likeness (QED) is 0.698. The molecule has 4 heteroatoms. The highest BCUT2D eigenvalue weighted by molar-refractivity contribution is 5.95. The van der Waals surface area contributed by atoms with Crippen molar-refractivity contribution in [3.8, 4) is 0 Å². The summed E-state index contributed by atoms with van der Waals surface area (Å²) in [5, 5.41) is 12.4. The summed E-state index contributed by atoms with van der Waals surface area (Å²) in [5.74, 6) is -3.00. The van der Waals surface area contributed by atoms with Gasteiger partial charge in [-0.2, -0.15) is 0 Å². The van der Waals surface area contributed by atoms with Crippen molar-refractivity contribution in [1.29, 1.82) is 0 Å². The Bertz CT molecular complexity index is 667. The second kappa shape index (κ2) is 9.21. The maximum atomic E-state index is 13.0. The van der Waals surface area contributed by atoms with Gasteiger partial charge in [0.1, 0.15) is 0 Å². The van der Waals surface area contributed by atoms with Gasteiger partial charge in [0.2, 0.25) is 5.91 Å². The van der Waals surface area contributed by atoms with E-state index in [1.807, 2.05) is 71.0 Å². The number of nitrogens with one attached hydrogen (secondary N) is 1. The topological polar surface area (TPSA) is 66.4 Å². The number of carbonyl (C=O) groups excluding carboxylic acids is 1. The Labute approximate surface area is 150 Å². The van der Waals surface area contributed by atoms with Crippen LogP contribution in [0, 0.1) is 24.7 Å². The molecule has 0 aliphatic carbocycles. The Kier molecular flexibility index (Phi) is 7.62. The lowest BCUT2D eigenvalue weighted by Crippen LogP contribution is -2.37. The van der Waals surface area contributed by atoms with Crippen molar-refractivity contribution in [1.82, 2.24) is 0 Å². The average molecular weight is 343 g/mol. The molecule has 0 bridgehead atoms. The number of aliphatic carboxylic acids is 1. The number of rotatable bonds is 7. The zero-order valence-electron chi connectivity index (χ0n) is 16.0. The molecule has 25 heavy (non-hydrogen) atoms. The van der Waals surface area contributed by atoms with Gasteiger partial charge in [-0.3, -0.25) is 9.59 Å². The fraction of sp³-hybridized carbons (Fsp3) is 0.429. The number of allylic oxidation sites excluding steroid dienone is 4. The van der Waals surface area contributed by atoms with E-state index in [9.17, 15) is 14.7 Å². The van der Waals surface area contributed by atoms with E-state index in [0.29, 0.717) is 5.69 Å². The summed E-state index contributed by atoms with van der Waals surface area (Å²) in [4.78, 5) is 24.6. The highest BCUT2D eigenvalue weighted by Crippen LogP contribution is 2.32. The van der Waals surface area contributed by atoms with Crippen LogP contribution in [0.1, 0.15) is 40.2 Å². The minimum Gasteiger partial charge on any atom is -0.481 e. The van der Waals surface area contributed by atoms with Gasteiger partial charge in [-0.1, -0.05) is 47.9 Å². The maximum absolute atomic E-state index is 13.0. The number of amides is 1. The minimum atomic E-state index is -0.972. The number of benzene rings is 1. The molecule has 3 unspecified atom stereocenters. The standard InChI is InChI=1S/C21H29NO3/c1-7-8-18(15(5)13(2)3)19(16(6)21(24)25)20(23)22-17-11-9-14(4)10-12-17/h7-12,16,18-19H,1-6H3,(H,22,23)(H,24,25)/b8-7-. The molecule has 0 saturated heterocycles. The number of aryl methyl sites for hydroxylation is 1. The second-order valence-corrected chi connectivity index (χ2v) is 6.74. The van der Waals surface area contributed by atoms with Crippen LogP contribution in [0.2, 0.25) is 0 Å². The van der Waals surface area contributed by atoms with Crippen molar-refractivity contribution in [2.75, 3.05) is 5.32 Å². The molecule has 0 spiro atoms. The third-order valence-electron chi connectivity index (χ3n) is 4.63. The fourth-order valence-electron chi connectivity index (χ4n) is 2.79. The molecule has 0 radical (unpaired) electrons. The van der Waals surface area contributed by atoms with Crippen LogP contribution < -0.4 is 5.32 Å². The van der Waals surface area contributed by atoms with Gasteiger partial charge in [-0.05, 0) is 46.8 Å². The first-order chi connectivity index (χ1) is 11.7. The predicted octanol–water partition coefficient (Wildman–Crippen LogP) is 4.82. The molecule has 0 fully saturated rings. The number of anilines is 1. The van der Waals surface area contributed by atoms with Gasteiger partial charge in [0.05, 0.1) is 11.8 Å². The fourth-order valence-corrected chi connectivity index (χ4v) is 2.79. The molecule has 136 valence electrons. The van der Waals surface area contributed by atoms with Crippen LogP contribution in [0.15, 0.2) is 47.6 Å². The van der Waals surface area contributed by atoms with Gasteiger partial charge < -0.3 is 10.4 Å². The van der Waals surface area contributed by atoms with E-state index >= 15 is 0 Å². The van der Waals surface area contributed by atoms with E-state index in [0.717, 1.165) is 16.7 Å². The average Bonchev–Trinajstić information content (AvgIpc) is 2.55. The smallest absolute Gasteiger partial charge is 0.307 e. The van der Waals surface area contributed by atoms with Crippen molar-refractivity contribution >= 4 is 17.6 Å². The zero-order chi connectivity index (χ0) is 19.1. The van der Waals surface area contributed by atoms with Crippen LogP contribution in [0.4, 0.5) is 5.69 Å². The molecule has 2 N–H and O–H groups in total. The van der Waals surface area contributed by atoms with Crippen LogP contribution in [0.3, 0.4) is 0 Å². The van der Waals surface area contributed by atoms with Crippen molar-refractivity contribution in [3.63, 3.8) is 0 Å². The van der Waals surface area contributed by atoms with Crippen LogP contribution in [0.5, 0.6) is 0 Å². The normalized spacial score (nSPS) is 14.6. The van der Waals surface area contributed by atoms with E-state index in [4.69, 9.17) is 0 Å². The minimum absolute atomic E-state index is 0.258. The molecular weight excluding hydrogens is 314 g/mol. The van der Waals surface area contributed by atoms with Gasteiger partial charge in [-0.25, -0.2) is 0 Å². The first-order valence-corrected chi connectivity index (χ1v) is 8.56. The number of carbonyl (C=O) groups is 2. The number of carboxylic acid groups (broad SMARTS) is 1. The number of carboxylic acids is 1. The summed E-state index contributed by atoms with van der Waals surface area (Å²) < 4.78 is 0. The second-order valence-electron chi connectivity index (χ2n) is 6.74. The first-order valence-electron chi connectivity index (χ1n) is 8.56. The van der Waals surface area contributed by atoms with E-state index in [-0.39, 0.29) is 11.8 Å². The van der Waals surface area contributed by atoms with E-state index in [1.54, 1.807) is 6.92 Å². The molecule has 0 aliphatic rings. The summed E-state index contributed by atoms with van der Waals surface area (Å²) in [7, 11) is 0. The summed E-state index contributed by atoms with van der Waals surface area (Å²) in [6.07, 6.45) is 3.79. The Morgan fingerprint density at radius 2 is 1.68 bits per heavy atom. The molecule has 0 aromatic heterocycles. The summed E-state index contributed by atoms with van der Waals surface area (Å²) in [5.41, 5.74) is 3.89. The predicted molar refractivity (Wildman–Crippen MR) is 102 cm³/mol. The van der Waals surface area contributed by atoms with Crippen LogP contribution in [0.25, 0.3) is 0 Å². The molecule has 0 heterocycles. The van der Waals surface area contributed by atoms with Gasteiger partial charge in [0.25, 0.3) is 0 Å². The monoisotopic (exact) mass is 343 g/mol. The number of hydrogen-bond acceptors (Lipinski definition) is 2. The van der Waals surface area contributed by atoms with Crippen LogP contribution >= 0.6 is 0 Å². The van der Waals surface area contributed by atoms with Gasteiger partial charge in [0.15, 0.2) is 0 Å². The molecule has 1 aromatic carbocycles. The Balaban J connectivity index is 3.26. The molecule has 3 atom stereocenters.